The molecule has 0 saturated carbocycles. The van der Waals surface area contributed by atoms with Crippen molar-refractivity contribution >= 4 is 72.4 Å². The van der Waals surface area contributed by atoms with Crippen LogP contribution in [0.25, 0.3) is 78.0 Å². The molecule has 0 aliphatic rings. The van der Waals surface area contributed by atoms with Gasteiger partial charge < -0.3 is 0 Å². The van der Waals surface area contributed by atoms with Gasteiger partial charge in [-0.1, -0.05) is 211 Å². The van der Waals surface area contributed by atoms with Crippen molar-refractivity contribution in [2.24, 2.45) is 0 Å². The van der Waals surface area contributed by atoms with E-state index in [2.05, 4.69) is 15.0 Å². The van der Waals surface area contributed by atoms with Crippen molar-refractivity contribution in [1.82, 2.24) is 24.1 Å². The number of para-hydroxylation sites is 4. The third-order valence-corrected chi connectivity index (χ3v) is 14.6. The summed E-state index contributed by atoms with van der Waals surface area (Å²) in [7, 11) is -6.35. The van der Waals surface area contributed by atoms with Crippen molar-refractivity contribution in [2.45, 2.75) is 6.85 Å². The number of fused-ring (bicyclic) bond motifs is 6. The fourth-order valence-electron chi connectivity index (χ4n) is 7.67. The minimum absolute atomic E-state index is 0.471. The standard InChI is InChI=1S/C58H41N5Si/c1-40-20-8-17-37-55(40)64(44-25-6-3-7-26-44,45-27-18-23-42(38-45)41-21-4-2-5-22-41)46-28-19-24-43(39-46)56-59-57(62-51-33-13-9-29-47(51)48-30-10-14-34-52(48)62)61-58(60-56)63-53-35-15-11-31-49(53)50-32-12-16-36-54(50)63/h2-39H,1H3/i1D3,2D,4D,5D,8D,9D,10D,11D,12D,13D,14D,15D,16D,17D,18D,19D,20D,21D,22D,23D,24D,27D,28D,29D,30D,31D,32D,33D,34D,35D,36D,37D,38D,39D. The lowest BCUT2D eigenvalue weighted by Gasteiger charge is -2.36. The van der Waals surface area contributed by atoms with E-state index in [1.807, 2.05) is 0 Å². The Morgan fingerprint density at radius 1 is 0.406 bits per heavy atom. The molecule has 0 fully saturated rings. The molecule has 0 amide bonds. The summed E-state index contributed by atoms with van der Waals surface area (Å²) in [5, 5.41) is -6.30. The highest BCUT2D eigenvalue weighted by atomic mass is 28.3. The van der Waals surface area contributed by atoms with Crippen LogP contribution in [0.4, 0.5) is 0 Å². The fourth-order valence-corrected chi connectivity index (χ4v) is 11.8. The molecule has 9 aromatic carbocycles. The van der Waals surface area contributed by atoms with Crippen LogP contribution in [0.2, 0.25) is 0 Å². The Kier molecular flexibility index (Phi) is 3.79. The van der Waals surface area contributed by atoms with E-state index in [9.17, 15) is 26.0 Å². The lowest BCUT2D eigenvalue weighted by molar-refractivity contribution is 0.893. The van der Waals surface area contributed by atoms with Gasteiger partial charge in [0.1, 0.15) is 0 Å². The maximum absolute atomic E-state index is 10.8. The maximum atomic E-state index is 10.8. The van der Waals surface area contributed by atoms with Gasteiger partial charge in [0.05, 0.1) is 67.3 Å². The summed E-state index contributed by atoms with van der Waals surface area (Å²) in [5.41, 5.74) is -7.47. The molecule has 1 atom stereocenters. The van der Waals surface area contributed by atoms with E-state index in [1.165, 1.54) is 18.2 Å². The van der Waals surface area contributed by atoms with Crippen molar-refractivity contribution in [2.75, 3.05) is 0 Å². The van der Waals surface area contributed by atoms with E-state index in [4.69, 9.17) is 23.3 Å². The molecule has 5 nitrogen and oxygen atoms in total. The van der Waals surface area contributed by atoms with E-state index >= 15 is 0 Å². The molecule has 12 rings (SSSR count). The van der Waals surface area contributed by atoms with E-state index in [1.54, 1.807) is 0 Å². The Morgan fingerprint density at radius 3 is 1.41 bits per heavy atom. The molecule has 0 radical (unpaired) electrons. The van der Waals surface area contributed by atoms with Gasteiger partial charge in [0, 0.05) is 31.2 Å². The first kappa shape index (κ1) is 15.9. The molecule has 1 unspecified atom stereocenters. The Hall–Kier alpha value is -8.19. The van der Waals surface area contributed by atoms with Crippen LogP contribution in [0.5, 0.6) is 0 Å². The molecule has 64 heavy (non-hydrogen) atoms. The molecular weight excluding hydrogens is 795 g/mol. The van der Waals surface area contributed by atoms with Crippen molar-refractivity contribution in [1.29, 1.82) is 0 Å². The fraction of sp³-hybridized carbons (Fsp3) is 0.0172. The normalized spacial score (nSPS) is 20.7. The molecule has 0 bridgehead atoms. The Bertz CT molecular complexity index is 5410. The molecule has 3 aromatic heterocycles. The summed E-state index contributed by atoms with van der Waals surface area (Å²) >= 11 is 0. The zero-order valence-electron chi connectivity index (χ0n) is 68.1. The summed E-state index contributed by atoms with van der Waals surface area (Å²) in [6.07, 6.45) is 0. The van der Waals surface area contributed by atoms with Gasteiger partial charge in [-0.05, 0) is 62.9 Å². The SMILES string of the molecule is [2H]c1c([2H])c([2H])c(-c2c([2H])c([2H])c([2H])c([Si](c3ccccc3)(c3c([2H])c([2H])c([2H])c(-c4nc(-n5c6c([2H])c([2H])c([2H])c([2H])c6c6c([2H])c([2H])c([2H])c([2H])c65)nc(-n5c6c([2H])c([2H])c([2H])c([2H])c6c6c([2H])c([2H])c([2H])c([2H])c65)n4)c3[2H])c3c([2H])c([2H])c([2H])c([2H])c3C([2H])([2H])[2H])c2[2H])c([2H])c1[2H]. The highest BCUT2D eigenvalue weighted by Gasteiger charge is 2.43. The summed E-state index contributed by atoms with van der Waals surface area (Å²) in [6, 6.07) is -30.0. The first-order chi connectivity index (χ1) is 46.6. The van der Waals surface area contributed by atoms with Crippen LogP contribution in [-0.2, 0) is 0 Å². The average Bonchev–Trinajstić information content (AvgIpc) is 0.794. The molecule has 3 heterocycles. The molecular formula is C58H41N5Si. The highest BCUT2D eigenvalue weighted by molar-refractivity contribution is 7.20. The monoisotopic (exact) mass is 872 g/mol. The molecule has 0 spiro atoms. The van der Waals surface area contributed by atoms with E-state index in [0.717, 1.165) is 12.1 Å². The average molecular weight is 872 g/mol. The van der Waals surface area contributed by atoms with Crippen molar-refractivity contribution in [3.8, 4) is 34.4 Å². The Balaban J connectivity index is 1.41. The van der Waals surface area contributed by atoms with Gasteiger partial charge in [-0.25, -0.2) is 0 Å². The van der Waals surface area contributed by atoms with Crippen LogP contribution in [0, 0.1) is 6.85 Å². The van der Waals surface area contributed by atoms with Crippen molar-refractivity contribution in [3.63, 3.8) is 0 Å². The van der Waals surface area contributed by atoms with E-state index < -0.39 is 319 Å². The Morgan fingerprint density at radius 2 is 0.859 bits per heavy atom. The first-order valence-electron chi connectivity index (χ1n) is 36.8. The molecule has 0 N–H and O–H groups in total. The summed E-state index contributed by atoms with van der Waals surface area (Å²) in [6.45, 7) is -3.78. The summed E-state index contributed by atoms with van der Waals surface area (Å²) < 4.78 is 335. The number of hydrogen-bond acceptors (Lipinski definition) is 3. The van der Waals surface area contributed by atoms with Crippen LogP contribution >= 0.6 is 0 Å². The van der Waals surface area contributed by atoms with Crippen LogP contribution in [0.1, 0.15) is 54.9 Å². The largest absolute Gasteiger partial charge is 0.278 e. The molecule has 0 saturated heterocycles. The minimum Gasteiger partial charge on any atom is -0.278 e. The molecule has 0 aliphatic heterocycles. The summed E-state index contributed by atoms with van der Waals surface area (Å²) in [5.74, 6) is -3.37. The quantitative estimate of drug-likeness (QED) is 0.113. The van der Waals surface area contributed by atoms with Gasteiger partial charge in [-0.3, -0.25) is 9.13 Å². The number of hydrogen-bond donors (Lipinski definition) is 0. The lowest BCUT2D eigenvalue weighted by atomic mass is 10.1. The van der Waals surface area contributed by atoms with Crippen LogP contribution < -0.4 is 20.7 Å². The van der Waals surface area contributed by atoms with Crippen molar-refractivity contribution in [3.05, 3.63) is 235 Å². The van der Waals surface area contributed by atoms with Crippen LogP contribution in [0.3, 0.4) is 0 Å². The second-order valence-electron chi connectivity index (χ2n) is 13.7. The number of aromatic nitrogens is 5. The lowest BCUT2D eigenvalue weighted by Crippen LogP contribution is -2.75. The van der Waals surface area contributed by atoms with Gasteiger partial charge in [0.2, 0.25) is 11.9 Å². The highest BCUT2D eigenvalue weighted by Crippen LogP contribution is 2.34. The number of rotatable bonds is 8. The topological polar surface area (TPSA) is 48.5 Å². The number of nitrogens with zero attached hydrogens (tertiary/aromatic N) is 5. The Labute approximate surface area is 422 Å². The minimum atomic E-state index is -6.35. The number of benzene rings is 9. The van der Waals surface area contributed by atoms with Gasteiger partial charge in [0.15, 0.2) is 13.9 Å². The first-order valence-corrected chi connectivity index (χ1v) is 20.8. The van der Waals surface area contributed by atoms with Crippen molar-refractivity contribution < 1.29 is 49.3 Å². The second-order valence-corrected chi connectivity index (χ2v) is 17.3. The molecule has 12 aromatic rings. The zero-order valence-corrected chi connectivity index (χ0v) is 33.1. The second kappa shape index (κ2) is 15.3. The third-order valence-electron chi connectivity index (χ3n) is 10.3. The van der Waals surface area contributed by atoms with Gasteiger partial charge in [-0.15, -0.1) is 0 Å². The maximum Gasteiger partial charge on any atom is 0.240 e. The third kappa shape index (κ3) is 5.95. The van der Waals surface area contributed by atoms with Gasteiger partial charge in [-0.2, -0.15) is 15.0 Å². The molecule has 6 heteroatoms. The predicted molar refractivity (Wildman–Crippen MR) is 268 cm³/mol. The smallest absolute Gasteiger partial charge is 0.240 e. The van der Waals surface area contributed by atoms with E-state index in [-0.39, 0.29) is 0 Å². The van der Waals surface area contributed by atoms with Crippen LogP contribution in [0.15, 0.2) is 230 Å². The zero-order chi connectivity index (χ0) is 73.8. The van der Waals surface area contributed by atoms with Gasteiger partial charge >= 0.3 is 0 Å². The molecule has 0 aliphatic carbocycles. The van der Waals surface area contributed by atoms with Gasteiger partial charge in [0.25, 0.3) is 0 Å². The predicted octanol–water partition coefficient (Wildman–Crippen LogP) is 11.1. The summed E-state index contributed by atoms with van der Waals surface area (Å²) in [4.78, 5) is 13.9. The van der Waals surface area contributed by atoms with Crippen LogP contribution in [-0.4, -0.2) is 32.2 Å². The van der Waals surface area contributed by atoms with E-state index in [0.29, 0.717) is 9.13 Å². The molecule has 302 valence electrons.